The standard InChI is InChI=1S/C20H35N3O2/c1-16-7-6-10-18(15-16)25-14-13-22-20(21)23(2)19(24)12-11-17-8-4-3-5-9-17/h13,16-18,21H,3-12,14-15H2,1-2H3. The molecule has 0 saturated heterocycles. The van der Waals surface area contributed by atoms with Crippen molar-refractivity contribution in [2.24, 2.45) is 16.8 Å². The van der Waals surface area contributed by atoms with Gasteiger partial charge >= 0.3 is 0 Å². The first-order valence-corrected chi connectivity index (χ1v) is 10.1. The SMILES string of the molecule is CC1CCCC(OCC=NC(=N)N(C)C(=O)CCC2CCCCC2)C1. The van der Waals surface area contributed by atoms with Crippen LogP contribution >= 0.6 is 0 Å². The molecule has 0 aliphatic heterocycles. The number of hydrogen-bond donors (Lipinski definition) is 1. The molecule has 2 aliphatic rings. The lowest BCUT2D eigenvalue weighted by Crippen LogP contribution is -2.32. The van der Waals surface area contributed by atoms with Gasteiger partial charge in [0, 0.05) is 19.7 Å². The molecule has 0 spiro atoms. The number of ether oxygens (including phenoxy) is 1. The number of carbonyl (C=O) groups is 1. The highest BCUT2D eigenvalue weighted by Gasteiger charge is 2.19. The van der Waals surface area contributed by atoms with Crippen molar-refractivity contribution in [2.75, 3.05) is 13.7 Å². The third-order valence-electron chi connectivity index (χ3n) is 5.69. The molecular formula is C20H35N3O2. The van der Waals surface area contributed by atoms with Gasteiger partial charge in [-0.3, -0.25) is 15.1 Å². The van der Waals surface area contributed by atoms with Crippen molar-refractivity contribution in [3.63, 3.8) is 0 Å². The number of guanidine groups is 1. The molecule has 142 valence electrons. The Morgan fingerprint density at radius 1 is 1.20 bits per heavy atom. The van der Waals surface area contributed by atoms with Crippen LogP contribution in [0.25, 0.3) is 0 Å². The highest BCUT2D eigenvalue weighted by Crippen LogP contribution is 2.27. The third kappa shape index (κ3) is 7.27. The van der Waals surface area contributed by atoms with E-state index in [1.807, 2.05) is 0 Å². The largest absolute Gasteiger partial charge is 0.373 e. The van der Waals surface area contributed by atoms with Gasteiger partial charge in [0.1, 0.15) is 0 Å². The summed E-state index contributed by atoms with van der Waals surface area (Å²) < 4.78 is 5.82. The first-order valence-electron chi connectivity index (χ1n) is 10.1. The molecule has 1 N–H and O–H groups in total. The van der Waals surface area contributed by atoms with Crippen molar-refractivity contribution < 1.29 is 9.53 Å². The van der Waals surface area contributed by atoms with Crippen LogP contribution in [-0.4, -0.2) is 42.7 Å². The van der Waals surface area contributed by atoms with Gasteiger partial charge in [0.2, 0.25) is 11.9 Å². The summed E-state index contributed by atoms with van der Waals surface area (Å²) in [6, 6.07) is 0. The number of aliphatic imine (C=N–C) groups is 1. The zero-order valence-electron chi connectivity index (χ0n) is 16.0. The monoisotopic (exact) mass is 349 g/mol. The van der Waals surface area contributed by atoms with Crippen molar-refractivity contribution in [1.82, 2.24) is 4.90 Å². The van der Waals surface area contributed by atoms with Crippen LogP contribution in [-0.2, 0) is 9.53 Å². The molecule has 1 amide bonds. The second kappa shape index (κ2) is 10.7. The van der Waals surface area contributed by atoms with E-state index in [-0.39, 0.29) is 11.9 Å². The fourth-order valence-electron chi connectivity index (χ4n) is 4.01. The zero-order chi connectivity index (χ0) is 18.1. The van der Waals surface area contributed by atoms with Gasteiger partial charge in [-0.05, 0) is 31.1 Å². The smallest absolute Gasteiger partial charge is 0.229 e. The zero-order valence-corrected chi connectivity index (χ0v) is 16.0. The van der Waals surface area contributed by atoms with Crippen LogP contribution in [0.3, 0.4) is 0 Å². The molecule has 5 heteroatoms. The number of nitrogens with one attached hydrogen (secondary N) is 1. The summed E-state index contributed by atoms with van der Waals surface area (Å²) in [5.41, 5.74) is 0. The van der Waals surface area contributed by atoms with Crippen molar-refractivity contribution in [2.45, 2.75) is 83.7 Å². The second-order valence-corrected chi connectivity index (χ2v) is 7.86. The molecule has 25 heavy (non-hydrogen) atoms. The van der Waals surface area contributed by atoms with Crippen LogP contribution < -0.4 is 0 Å². The van der Waals surface area contributed by atoms with E-state index in [0.717, 1.165) is 25.2 Å². The lowest BCUT2D eigenvalue weighted by atomic mass is 9.86. The summed E-state index contributed by atoms with van der Waals surface area (Å²) in [6.45, 7) is 2.69. The van der Waals surface area contributed by atoms with E-state index >= 15 is 0 Å². The van der Waals surface area contributed by atoms with Gasteiger partial charge in [0.15, 0.2) is 0 Å². The highest BCUT2D eigenvalue weighted by atomic mass is 16.5. The molecule has 2 rings (SSSR count). The lowest BCUT2D eigenvalue weighted by Gasteiger charge is -2.26. The minimum absolute atomic E-state index is 0.00486. The van der Waals surface area contributed by atoms with E-state index in [4.69, 9.17) is 10.1 Å². The average Bonchev–Trinajstić information content (AvgIpc) is 2.63. The van der Waals surface area contributed by atoms with Crippen LogP contribution in [0.15, 0.2) is 4.99 Å². The molecule has 2 fully saturated rings. The van der Waals surface area contributed by atoms with Crippen LogP contribution in [0.1, 0.15) is 77.6 Å². The number of rotatable bonds is 6. The minimum atomic E-state index is -0.00486. The maximum atomic E-state index is 12.2. The molecule has 2 atom stereocenters. The lowest BCUT2D eigenvalue weighted by molar-refractivity contribution is -0.126. The van der Waals surface area contributed by atoms with Crippen molar-refractivity contribution in [1.29, 1.82) is 5.41 Å². The van der Waals surface area contributed by atoms with Crippen molar-refractivity contribution in [3.8, 4) is 0 Å². The Morgan fingerprint density at radius 3 is 2.68 bits per heavy atom. The second-order valence-electron chi connectivity index (χ2n) is 7.86. The summed E-state index contributed by atoms with van der Waals surface area (Å²) in [5.74, 6) is 1.43. The minimum Gasteiger partial charge on any atom is -0.373 e. The first-order chi connectivity index (χ1) is 12.1. The topological polar surface area (TPSA) is 65.8 Å². The summed E-state index contributed by atoms with van der Waals surface area (Å²) in [5, 5.41) is 7.95. The Morgan fingerprint density at radius 2 is 1.96 bits per heavy atom. The molecule has 0 aromatic carbocycles. The van der Waals surface area contributed by atoms with Gasteiger partial charge in [0.25, 0.3) is 0 Å². The Labute approximate surface area is 152 Å². The van der Waals surface area contributed by atoms with Gasteiger partial charge in [-0.25, -0.2) is 4.99 Å². The fourth-order valence-corrected chi connectivity index (χ4v) is 4.01. The Balaban J connectivity index is 1.63. The normalized spacial score (nSPS) is 25.2. The molecular weight excluding hydrogens is 314 g/mol. The van der Waals surface area contributed by atoms with Gasteiger partial charge in [-0.2, -0.15) is 0 Å². The Bertz CT molecular complexity index is 458. The number of hydrogen-bond acceptors (Lipinski definition) is 3. The molecule has 0 aromatic heterocycles. The van der Waals surface area contributed by atoms with E-state index in [9.17, 15) is 4.79 Å². The third-order valence-corrected chi connectivity index (χ3v) is 5.69. The van der Waals surface area contributed by atoms with Gasteiger partial charge in [0.05, 0.1) is 12.7 Å². The van der Waals surface area contributed by atoms with Crippen LogP contribution in [0.5, 0.6) is 0 Å². The summed E-state index contributed by atoms with van der Waals surface area (Å²) in [7, 11) is 1.65. The van der Waals surface area contributed by atoms with Gasteiger partial charge < -0.3 is 4.74 Å². The number of nitrogens with zero attached hydrogens (tertiary/aromatic N) is 2. The summed E-state index contributed by atoms with van der Waals surface area (Å²) >= 11 is 0. The predicted octanol–water partition coefficient (Wildman–Crippen LogP) is 4.41. The Kier molecular flexibility index (Phi) is 8.59. The Hall–Kier alpha value is -1.23. The van der Waals surface area contributed by atoms with E-state index < -0.39 is 0 Å². The molecule has 0 radical (unpaired) electrons. The molecule has 2 aliphatic carbocycles. The van der Waals surface area contributed by atoms with Crippen molar-refractivity contribution in [3.05, 3.63) is 0 Å². The van der Waals surface area contributed by atoms with E-state index in [2.05, 4.69) is 11.9 Å². The van der Waals surface area contributed by atoms with E-state index in [1.54, 1.807) is 13.3 Å². The molecule has 5 nitrogen and oxygen atoms in total. The quantitative estimate of drug-likeness (QED) is 0.570. The van der Waals surface area contributed by atoms with E-state index in [1.165, 1.54) is 49.8 Å². The van der Waals surface area contributed by atoms with Crippen LogP contribution in [0.2, 0.25) is 0 Å². The maximum absolute atomic E-state index is 12.2. The molecule has 0 heterocycles. The van der Waals surface area contributed by atoms with Crippen LogP contribution in [0, 0.1) is 17.2 Å². The maximum Gasteiger partial charge on any atom is 0.229 e. The molecule has 2 saturated carbocycles. The van der Waals surface area contributed by atoms with Gasteiger partial charge in [-0.15, -0.1) is 0 Å². The van der Waals surface area contributed by atoms with E-state index in [0.29, 0.717) is 25.0 Å². The number of carbonyl (C=O) groups excluding carboxylic acids is 1. The van der Waals surface area contributed by atoms with Crippen LogP contribution in [0.4, 0.5) is 0 Å². The predicted molar refractivity (Wildman–Crippen MR) is 102 cm³/mol. The summed E-state index contributed by atoms with van der Waals surface area (Å²) in [4.78, 5) is 17.7. The molecule has 2 unspecified atom stereocenters. The highest BCUT2D eigenvalue weighted by molar-refractivity contribution is 5.98. The fraction of sp³-hybridized carbons (Fsp3) is 0.850. The average molecular weight is 350 g/mol. The van der Waals surface area contributed by atoms with Gasteiger partial charge in [-0.1, -0.05) is 51.9 Å². The molecule has 0 aromatic rings. The first kappa shape index (κ1) is 20.1. The van der Waals surface area contributed by atoms with Crippen molar-refractivity contribution >= 4 is 18.1 Å². The number of amides is 1. The summed E-state index contributed by atoms with van der Waals surface area (Å²) in [6.07, 6.45) is 14.6. The molecule has 0 bridgehead atoms.